The molecule has 0 bridgehead atoms. The van der Waals surface area contributed by atoms with Crippen molar-refractivity contribution in [2.75, 3.05) is 31.6 Å². The molecule has 0 amide bonds. The number of fused-ring (bicyclic) bond motifs is 1. The Hall–Kier alpha value is -2.33. The lowest BCUT2D eigenvalue weighted by Gasteiger charge is -2.30. The van der Waals surface area contributed by atoms with Crippen molar-refractivity contribution < 1.29 is 9.29 Å². The largest absolute Gasteiger partial charge is 0.593 e. The second-order valence-electron chi connectivity index (χ2n) is 7.41. The lowest BCUT2D eigenvalue weighted by Crippen LogP contribution is -2.41. The Balaban J connectivity index is 1.44. The van der Waals surface area contributed by atoms with E-state index >= 15 is 0 Å². The minimum absolute atomic E-state index is 0.116. The highest BCUT2D eigenvalue weighted by molar-refractivity contribution is 7.89. The van der Waals surface area contributed by atoms with E-state index in [-0.39, 0.29) is 11.6 Å². The number of hydrogen-bond donors (Lipinski definition) is 2. The first kappa shape index (κ1) is 18.7. The molecule has 29 heavy (non-hydrogen) atoms. The van der Waals surface area contributed by atoms with Crippen LogP contribution in [0, 0.1) is 0 Å². The topological polar surface area (TPSA) is 98.2 Å². The molecular weight excluding hydrogens is 390 g/mol. The normalized spacial score (nSPS) is 21.1. The highest BCUT2D eigenvalue weighted by atomic mass is 32.2. The maximum absolute atomic E-state index is 12.5. The smallest absolute Gasteiger partial charge is 0.261 e. The molecule has 4 heterocycles. The first-order chi connectivity index (χ1) is 14.2. The number of anilines is 2. The number of aromatic nitrogens is 3. The van der Waals surface area contributed by atoms with Crippen LogP contribution in [0.15, 0.2) is 46.2 Å². The fourth-order valence-corrected chi connectivity index (χ4v) is 5.03. The molecule has 8 nitrogen and oxygen atoms in total. The van der Waals surface area contributed by atoms with Crippen molar-refractivity contribution in [1.29, 1.82) is 0 Å². The number of pyridine rings is 1. The van der Waals surface area contributed by atoms with E-state index in [1.54, 1.807) is 6.20 Å². The maximum atomic E-state index is 12.5. The number of nitrogens with one attached hydrogen (secondary N) is 2. The van der Waals surface area contributed by atoms with Gasteiger partial charge in [0.2, 0.25) is 0 Å². The summed E-state index contributed by atoms with van der Waals surface area (Å²) in [5.41, 5.74) is 1.41. The van der Waals surface area contributed by atoms with Gasteiger partial charge < -0.3 is 19.6 Å². The van der Waals surface area contributed by atoms with Gasteiger partial charge in [-0.2, -0.15) is 5.10 Å². The van der Waals surface area contributed by atoms with Crippen LogP contribution < -0.4 is 10.9 Å². The summed E-state index contributed by atoms with van der Waals surface area (Å²) in [4.78, 5) is 16.0. The molecule has 2 unspecified atom stereocenters. The highest BCUT2D eigenvalue weighted by Gasteiger charge is 2.28. The van der Waals surface area contributed by atoms with Crippen LogP contribution in [0.5, 0.6) is 0 Å². The van der Waals surface area contributed by atoms with Gasteiger partial charge in [0, 0.05) is 31.6 Å². The Morgan fingerprint density at radius 1 is 1.21 bits per heavy atom. The average Bonchev–Trinajstić information content (AvgIpc) is 3.07. The summed E-state index contributed by atoms with van der Waals surface area (Å²) >= 11 is -1.10. The minimum Gasteiger partial charge on any atom is -0.593 e. The van der Waals surface area contributed by atoms with Crippen LogP contribution >= 0.6 is 0 Å². The van der Waals surface area contributed by atoms with Gasteiger partial charge in [0.05, 0.1) is 29.5 Å². The zero-order valence-electron chi connectivity index (χ0n) is 16.0. The molecule has 2 saturated heterocycles. The van der Waals surface area contributed by atoms with E-state index in [4.69, 9.17) is 9.84 Å². The van der Waals surface area contributed by atoms with Crippen LogP contribution in [0.3, 0.4) is 0 Å². The van der Waals surface area contributed by atoms with E-state index < -0.39 is 11.4 Å². The first-order valence-corrected chi connectivity index (χ1v) is 11.0. The summed E-state index contributed by atoms with van der Waals surface area (Å²) in [5.74, 6) is 0.518. The Bertz CT molecular complexity index is 1050. The van der Waals surface area contributed by atoms with Gasteiger partial charge in [-0.15, -0.1) is 4.31 Å². The van der Waals surface area contributed by atoms with Crippen LogP contribution in [0.25, 0.3) is 10.9 Å². The molecule has 2 fully saturated rings. The molecule has 2 aromatic heterocycles. The minimum atomic E-state index is -1.10. The third kappa shape index (κ3) is 3.55. The van der Waals surface area contributed by atoms with Crippen LogP contribution in [0.4, 0.5) is 11.5 Å². The van der Waals surface area contributed by atoms with Crippen molar-refractivity contribution in [3.8, 4) is 0 Å². The predicted molar refractivity (Wildman–Crippen MR) is 112 cm³/mol. The molecule has 0 spiro atoms. The third-order valence-corrected chi connectivity index (χ3v) is 6.99. The van der Waals surface area contributed by atoms with Gasteiger partial charge in [0.15, 0.2) is 10.7 Å². The summed E-state index contributed by atoms with van der Waals surface area (Å²) in [6.45, 7) is 3.12. The van der Waals surface area contributed by atoms with Crippen LogP contribution in [0.2, 0.25) is 0 Å². The van der Waals surface area contributed by atoms with Crippen molar-refractivity contribution in [3.05, 3.63) is 46.9 Å². The van der Waals surface area contributed by atoms with Gasteiger partial charge in [0.25, 0.3) is 5.56 Å². The van der Waals surface area contributed by atoms with E-state index in [0.29, 0.717) is 17.8 Å². The Labute approximate surface area is 171 Å². The summed E-state index contributed by atoms with van der Waals surface area (Å²) in [7, 11) is 0. The van der Waals surface area contributed by atoms with Crippen molar-refractivity contribution in [2.24, 2.45) is 0 Å². The van der Waals surface area contributed by atoms with Gasteiger partial charge in [-0.3, -0.25) is 9.48 Å². The first-order valence-electron chi connectivity index (χ1n) is 9.92. The van der Waals surface area contributed by atoms with Crippen LogP contribution in [-0.2, 0) is 16.1 Å². The van der Waals surface area contributed by atoms with Crippen molar-refractivity contribution >= 4 is 33.8 Å². The SMILES string of the molecule is O=c1[nH]ccc2c1c(Nc1ccc([S+]([O-])N3CCC3)cc1)nn2C1CCCOC1. The molecular formula is C20H23N5O3S. The number of ether oxygens (including phenoxy) is 1. The molecule has 2 N–H and O–H groups in total. The number of H-pyrrole nitrogens is 1. The Morgan fingerprint density at radius 3 is 2.72 bits per heavy atom. The van der Waals surface area contributed by atoms with Crippen LogP contribution in [0.1, 0.15) is 25.3 Å². The molecule has 5 rings (SSSR count). The number of rotatable bonds is 5. The van der Waals surface area contributed by atoms with Gasteiger partial charge in [-0.1, -0.05) is 0 Å². The zero-order valence-corrected chi connectivity index (χ0v) is 16.8. The second-order valence-corrected chi connectivity index (χ2v) is 8.90. The molecule has 9 heteroatoms. The zero-order chi connectivity index (χ0) is 19.8. The van der Waals surface area contributed by atoms with Gasteiger partial charge >= 0.3 is 0 Å². The average molecular weight is 414 g/mol. The molecule has 0 saturated carbocycles. The van der Waals surface area contributed by atoms with E-state index in [9.17, 15) is 9.35 Å². The molecule has 152 valence electrons. The number of aromatic amines is 1. The molecule has 2 aliphatic rings. The molecule has 0 radical (unpaired) electrons. The predicted octanol–water partition coefficient (Wildman–Crippen LogP) is 2.55. The number of nitrogens with zero attached hydrogens (tertiary/aromatic N) is 3. The third-order valence-electron chi connectivity index (χ3n) is 5.48. The molecule has 0 aliphatic carbocycles. The molecule has 2 aliphatic heterocycles. The van der Waals surface area contributed by atoms with Gasteiger partial charge in [-0.05, 0) is 49.6 Å². The fraction of sp³-hybridized carbons (Fsp3) is 0.400. The van der Waals surface area contributed by atoms with Gasteiger partial charge in [-0.25, -0.2) is 0 Å². The fourth-order valence-electron chi connectivity index (χ4n) is 3.78. The Kier molecular flexibility index (Phi) is 5.04. The maximum Gasteiger partial charge on any atom is 0.261 e. The van der Waals surface area contributed by atoms with E-state index in [2.05, 4.69) is 10.3 Å². The molecule has 1 aromatic carbocycles. The van der Waals surface area contributed by atoms with E-state index in [0.717, 1.165) is 55.1 Å². The Morgan fingerprint density at radius 2 is 2.03 bits per heavy atom. The van der Waals surface area contributed by atoms with E-state index in [1.807, 2.05) is 39.3 Å². The number of benzene rings is 1. The van der Waals surface area contributed by atoms with Crippen LogP contribution in [-0.4, -0.2) is 49.9 Å². The molecule has 2 atom stereocenters. The second kappa shape index (κ2) is 7.83. The monoisotopic (exact) mass is 413 g/mol. The standard InChI is InChI=1S/C20H23N5O3S/c26-20-18-17(8-9-21-20)25(15-3-1-12-28-13-15)23-19(18)22-14-4-6-16(7-5-14)29(27)24-10-2-11-24/h4-9,15H,1-3,10-13H2,(H,21,26)(H,22,23). The summed E-state index contributed by atoms with van der Waals surface area (Å²) in [6.07, 6.45) is 4.70. The van der Waals surface area contributed by atoms with E-state index in [1.165, 1.54) is 0 Å². The van der Waals surface area contributed by atoms with Crippen molar-refractivity contribution in [2.45, 2.75) is 30.2 Å². The molecule has 3 aromatic rings. The van der Waals surface area contributed by atoms with Crippen molar-refractivity contribution in [1.82, 2.24) is 19.1 Å². The quantitative estimate of drug-likeness (QED) is 0.624. The summed E-state index contributed by atoms with van der Waals surface area (Å²) < 4.78 is 21.9. The summed E-state index contributed by atoms with van der Waals surface area (Å²) in [5, 5.41) is 8.51. The van der Waals surface area contributed by atoms with Crippen molar-refractivity contribution in [3.63, 3.8) is 0 Å². The summed E-state index contributed by atoms with van der Waals surface area (Å²) in [6, 6.07) is 9.45. The van der Waals surface area contributed by atoms with Gasteiger partial charge in [0.1, 0.15) is 5.39 Å². The lowest BCUT2D eigenvalue weighted by atomic mass is 10.1. The highest BCUT2D eigenvalue weighted by Crippen LogP contribution is 2.29. The lowest BCUT2D eigenvalue weighted by molar-refractivity contribution is 0.0566. The number of hydrogen-bond acceptors (Lipinski definition) is 6.